The summed E-state index contributed by atoms with van der Waals surface area (Å²) < 4.78 is 24.7. The van der Waals surface area contributed by atoms with Gasteiger partial charge in [0.1, 0.15) is 30.2 Å². The summed E-state index contributed by atoms with van der Waals surface area (Å²) in [5.74, 6) is 0. The van der Waals surface area contributed by atoms with E-state index in [4.69, 9.17) is 26.0 Å². The van der Waals surface area contributed by atoms with Gasteiger partial charge >= 0.3 is 7.12 Å². The van der Waals surface area contributed by atoms with Gasteiger partial charge in [-0.05, 0) is 57.4 Å². The molecule has 5 aromatic rings. The summed E-state index contributed by atoms with van der Waals surface area (Å²) in [5, 5.41) is 4.08. The first-order chi connectivity index (χ1) is 14.2. The Kier molecular flexibility index (Phi) is 3.45. The Bertz CT molecular complexity index is 1460. The number of para-hydroxylation sites is 1. The van der Waals surface area contributed by atoms with Crippen molar-refractivity contribution in [3.05, 3.63) is 48.5 Å². The third-order valence-corrected chi connectivity index (χ3v) is 6.69. The van der Waals surface area contributed by atoms with Gasteiger partial charge in [0.15, 0.2) is 0 Å². The van der Waals surface area contributed by atoms with Gasteiger partial charge in [-0.3, -0.25) is 0 Å². The van der Waals surface area contributed by atoms with Crippen LogP contribution in [0.4, 0.5) is 0 Å². The molecule has 3 heterocycles. The number of hydrogen-bond donors (Lipinski definition) is 0. The molecule has 0 N–H and O–H groups in total. The molecule has 0 bridgehead atoms. The van der Waals surface area contributed by atoms with Crippen molar-refractivity contribution >= 4 is 69.8 Å². The maximum atomic E-state index is 6.50. The maximum Gasteiger partial charge on any atom is 0.494 e. The van der Waals surface area contributed by atoms with Crippen molar-refractivity contribution in [1.29, 1.82) is 0 Å². The molecule has 0 spiro atoms. The highest BCUT2D eigenvalue weighted by molar-refractivity contribution is 6.68. The van der Waals surface area contributed by atoms with E-state index in [9.17, 15) is 0 Å². The molecule has 30 heavy (non-hydrogen) atoms. The molecule has 1 saturated heterocycles. The van der Waals surface area contributed by atoms with E-state index >= 15 is 0 Å². The average Bonchev–Trinajstić information content (AvgIpc) is 3.29. The van der Waals surface area contributed by atoms with Crippen molar-refractivity contribution in [2.75, 3.05) is 0 Å². The largest absolute Gasteiger partial charge is 0.494 e. The Labute approximate surface area is 175 Å². The minimum absolute atomic E-state index is 0.436. The molecule has 2 aromatic heterocycles. The molecule has 4 nitrogen and oxygen atoms in total. The van der Waals surface area contributed by atoms with Crippen LogP contribution in [-0.4, -0.2) is 26.2 Å². The zero-order valence-corrected chi connectivity index (χ0v) is 17.4. The van der Waals surface area contributed by atoms with E-state index in [1.54, 1.807) is 0 Å². The maximum absolute atomic E-state index is 6.50. The third kappa shape index (κ3) is 2.32. The number of hydrogen-bond acceptors (Lipinski definition) is 4. The van der Waals surface area contributed by atoms with E-state index in [0.29, 0.717) is 5.46 Å². The van der Waals surface area contributed by atoms with E-state index in [1.807, 2.05) is 70.2 Å². The van der Waals surface area contributed by atoms with Crippen LogP contribution in [0.5, 0.6) is 0 Å². The second-order valence-corrected chi connectivity index (χ2v) is 9.08. The van der Waals surface area contributed by atoms with Crippen LogP contribution < -0.4 is 10.9 Å². The topological polar surface area (TPSA) is 44.7 Å². The third-order valence-electron chi connectivity index (χ3n) is 6.69. The molecule has 6 rings (SSSR count). The predicted molar refractivity (Wildman–Crippen MR) is 122 cm³/mol. The van der Waals surface area contributed by atoms with Gasteiger partial charge in [-0.25, -0.2) is 0 Å². The zero-order chi connectivity index (χ0) is 20.8. The van der Waals surface area contributed by atoms with Crippen LogP contribution in [0.25, 0.3) is 43.9 Å². The normalized spacial score (nSPS) is 18.3. The van der Waals surface area contributed by atoms with Crippen LogP contribution in [0.1, 0.15) is 27.7 Å². The second-order valence-electron chi connectivity index (χ2n) is 9.08. The number of benzene rings is 3. The van der Waals surface area contributed by atoms with Gasteiger partial charge in [0.2, 0.25) is 0 Å². The first kappa shape index (κ1) is 18.1. The number of rotatable bonds is 1. The predicted octanol–water partition coefficient (Wildman–Crippen LogP) is 4.58. The van der Waals surface area contributed by atoms with Gasteiger partial charge in [-0.1, -0.05) is 29.7 Å². The van der Waals surface area contributed by atoms with E-state index in [1.165, 1.54) is 0 Å². The Morgan fingerprint density at radius 3 is 2.00 bits per heavy atom. The summed E-state index contributed by atoms with van der Waals surface area (Å²) in [7, 11) is 5.96. The Balaban J connectivity index is 1.61. The van der Waals surface area contributed by atoms with E-state index in [0.717, 1.165) is 49.3 Å². The summed E-state index contributed by atoms with van der Waals surface area (Å²) >= 11 is 0. The SMILES string of the molecule is [B]c1cc2c(cc1B1OC(C)(C)C(C)(C)O1)oc1ccc3oc4ccccc4c3c12. The van der Waals surface area contributed by atoms with Crippen LogP contribution in [0.15, 0.2) is 57.4 Å². The summed E-state index contributed by atoms with van der Waals surface area (Å²) in [6, 6.07) is 15.9. The van der Waals surface area contributed by atoms with Crippen molar-refractivity contribution in [3.63, 3.8) is 0 Å². The molecular formula is C24H20B2O4. The van der Waals surface area contributed by atoms with Crippen LogP contribution >= 0.6 is 0 Å². The minimum Gasteiger partial charge on any atom is -0.456 e. The molecular weight excluding hydrogens is 374 g/mol. The molecule has 0 unspecified atom stereocenters. The first-order valence-corrected chi connectivity index (χ1v) is 10.2. The highest BCUT2D eigenvalue weighted by Gasteiger charge is 2.52. The molecule has 0 aliphatic carbocycles. The summed E-state index contributed by atoms with van der Waals surface area (Å²) in [6.07, 6.45) is 0. The van der Waals surface area contributed by atoms with E-state index in [2.05, 4.69) is 6.07 Å². The molecule has 6 heteroatoms. The van der Waals surface area contributed by atoms with Gasteiger partial charge in [-0.2, -0.15) is 0 Å². The smallest absolute Gasteiger partial charge is 0.456 e. The van der Waals surface area contributed by atoms with Crippen molar-refractivity contribution < 1.29 is 18.1 Å². The van der Waals surface area contributed by atoms with Gasteiger partial charge in [0.25, 0.3) is 0 Å². The minimum atomic E-state index is -0.539. The van der Waals surface area contributed by atoms with Crippen LogP contribution in [0, 0.1) is 0 Å². The molecule has 1 aliphatic heterocycles. The molecule has 146 valence electrons. The lowest BCUT2D eigenvalue weighted by Crippen LogP contribution is -2.43. The molecule has 0 amide bonds. The van der Waals surface area contributed by atoms with Gasteiger partial charge in [0.05, 0.1) is 11.2 Å². The highest BCUT2D eigenvalue weighted by Crippen LogP contribution is 2.40. The van der Waals surface area contributed by atoms with Crippen molar-refractivity contribution in [2.45, 2.75) is 38.9 Å². The summed E-state index contributed by atoms with van der Waals surface area (Å²) in [6.45, 7) is 8.13. The second kappa shape index (κ2) is 5.71. The molecule has 2 radical (unpaired) electrons. The lowest BCUT2D eigenvalue weighted by atomic mass is 9.70. The van der Waals surface area contributed by atoms with Crippen molar-refractivity contribution in [2.24, 2.45) is 0 Å². The highest BCUT2D eigenvalue weighted by atomic mass is 16.7. The Hall–Kier alpha value is -2.69. The quantitative estimate of drug-likeness (QED) is 0.391. The van der Waals surface area contributed by atoms with Crippen molar-refractivity contribution in [1.82, 2.24) is 0 Å². The van der Waals surface area contributed by atoms with E-state index < -0.39 is 18.3 Å². The van der Waals surface area contributed by atoms with Crippen LogP contribution in [0.2, 0.25) is 0 Å². The van der Waals surface area contributed by atoms with Crippen LogP contribution in [-0.2, 0) is 9.31 Å². The monoisotopic (exact) mass is 394 g/mol. The Morgan fingerprint density at radius 2 is 1.30 bits per heavy atom. The fourth-order valence-corrected chi connectivity index (χ4v) is 4.33. The summed E-state index contributed by atoms with van der Waals surface area (Å²) in [5.41, 5.74) is 3.78. The lowest BCUT2D eigenvalue weighted by Gasteiger charge is -2.32. The van der Waals surface area contributed by atoms with Crippen molar-refractivity contribution in [3.8, 4) is 0 Å². The average molecular weight is 394 g/mol. The number of fused-ring (bicyclic) bond motifs is 7. The first-order valence-electron chi connectivity index (χ1n) is 10.2. The lowest BCUT2D eigenvalue weighted by molar-refractivity contribution is 0.00578. The van der Waals surface area contributed by atoms with Gasteiger partial charge in [0, 0.05) is 21.5 Å². The van der Waals surface area contributed by atoms with E-state index in [-0.39, 0.29) is 0 Å². The molecule has 1 aliphatic rings. The van der Waals surface area contributed by atoms with Gasteiger partial charge < -0.3 is 18.1 Å². The zero-order valence-electron chi connectivity index (χ0n) is 17.4. The molecule has 1 fully saturated rings. The number of furan rings is 2. The fourth-order valence-electron chi connectivity index (χ4n) is 4.33. The summed E-state index contributed by atoms with van der Waals surface area (Å²) in [4.78, 5) is 0. The standard InChI is InChI=1S/C24H20B2O4/c1-23(2)24(3,4)30-26(29-23)16-12-20-14(11-15(16)25)22-19(28-20)10-9-18-21(22)13-7-5-6-8-17(13)27-18/h5-12H,1-4H3. The Morgan fingerprint density at radius 1 is 0.700 bits per heavy atom. The van der Waals surface area contributed by atoms with Gasteiger partial charge in [-0.15, -0.1) is 0 Å². The molecule has 0 atom stereocenters. The van der Waals surface area contributed by atoms with Crippen LogP contribution in [0.3, 0.4) is 0 Å². The molecule has 0 saturated carbocycles. The molecule has 3 aromatic carbocycles. The fraction of sp³-hybridized carbons (Fsp3) is 0.250.